The fourth-order valence-electron chi connectivity index (χ4n) is 4.60. The molecule has 11 heteroatoms. The van der Waals surface area contributed by atoms with E-state index >= 15 is 0 Å². The average Bonchev–Trinajstić information content (AvgIpc) is 3.31. The molecule has 2 amide bonds. The third-order valence-electron chi connectivity index (χ3n) is 6.51. The van der Waals surface area contributed by atoms with Gasteiger partial charge in [0.05, 0.1) is 16.6 Å². The molecule has 1 aliphatic rings. The lowest BCUT2D eigenvalue weighted by atomic mass is 9.97. The number of nitrogens with two attached hydrogens (primary N) is 1. The van der Waals surface area contributed by atoms with Crippen molar-refractivity contribution >= 4 is 35.5 Å². The summed E-state index contributed by atoms with van der Waals surface area (Å²) >= 11 is 5.82. The van der Waals surface area contributed by atoms with E-state index in [1.807, 2.05) is 33.8 Å². The number of ether oxygens (including phenoxy) is 1. The molecule has 41 heavy (non-hydrogen) atoms. The summed E-state index contributed by atoms with van der Waals surface area (Å²) in [4.78, 5) is 47.3. The average molecular weight is 580 g/mol. The third kappa shape index (κ3) is 7.07. The third-order valence-corrected chi connectivity index (χ3v) is 6.80. The van der Waals surface area contributed by atoms with Crippen molar-refractivity contribution in [3.05, 3.63) is 98.5 Å². The standard InChI is InChI=1S/C30H31ClFN5O4/c1-16-18-8-10-23(20(18)7-6-19(16)29(40)41-30(2,3)4)37-28(39)25-14-24(35-26(36-25)11-12-33)27(38)34-15-17-5-9-22(32)21(31)13-17/h5-7,9,11-14,23H,8,10,15,33H2,1-4H3,(H,34,38)(H,37,39)/t23-/m0/s1. The van der Waals surface area contributed by atoms with Crippen molar-refractivity contribution in [2.24, 2.45) is 5.73 Å². The van der Waals surface area contributed by atoms with Crippen molar-refractivity contribution in [1.29, 1.82) is 0 Å². The first kappa shape index (κ1) is 29.7. The van der Waals surface area contributed by atoms with E-state index in [2.05, 4.69) is 20.6 Å². The summed E-state index contributed by atoms with van der Waals surface area (Å²) in [6, 6.07) is 8.66. The largest absolute Gasteiger partial charge is 0.456 e. The van der Waals surface area contributed by atoms with Gasteiger partial charge in [-0.3, -0.25) is 9.59 Å². The van der Waals surface area contributed by atoms with E-state index in [4.69, 9.17) is 22.1 Å². The molecule has 9 nitrogen and oxygen atoms in total. The van der Waals surface area contributed by atoms with Crippen LogP contribution in [0.2, 0.25) is 5.02 Å². The van der Waals surface area contributed by atoms with E-state index in [0.29, 0.717) is 24.0 Å². The number of amides is 2. The summed E-state index contributed by atoms with van der Waals surface area (Å²) in [6.07, 6.45) is 3.89. The Balaban J connectivity index is 1.52. The molecule has 0 aliphatic heterocycles. The van der Waals surface area contributed by atoms with E-state index in [1.165, 1.54) is 36.5 Å². The maximum atomic E-state index is 13.4. The minimum atomic E-state index is -0.612. The number of fused-ring (bicyclic) bond motifs is 1. The number of carbonyl (C=O) groups is 3. The van der Waals surface area contributed by atoms with Gasteiger partial charge in [-0.25, -0.2) is 19.2 Å². The molecular formula is C30H31ClFN5O4. The lowest BCUT2D eigenvalue weighted by Crippen LogP contribution is -2.30. The van der Waals surface area contributed by atoms with Gasteiger partial charge in [0.1, 0.15) is 22.8 Å². The molecule has 0 fully saturated rings. The van der Waals surface area contributed by atoms with Crippen LogP contribution < -0.4 is 16.4 Å². The number of esters is 1. The molecule has 3 aromatic rings. The zero-order valence-electron chi connectivity index (χ0n) is 23.2. The van der Waals surface area contributed by atoms with Gasteiger partial charge in [0, 0.05) is 12.6 Å². The molecule has 1 aromatic heterocycles. The zero-order valence-corrected chi connectivity index (χ0v) is 23.9. The molecule has 0 radical (unpaired) electrons. The molecule has 2 aromatic carbocycles. The number of nitrogens with zero attached hydrogens (tertiary/aromatic N) is 2. The number of benzene rings is 2. The van der Waals surface area contributed by atoms with E-state index in [0.717, 1.165) is 16.7 Å². The number of aromatic nitrogens is 2. The van der Waals surface area contributed by atoms with Crippen LogP contribution in [0.15, 0.2) is 42.6 Å². The topological polar surface area (TPSA) is 136 Å². The van der Waals surface area contributed by atoms with Crippen molar-refractivity contribution in [3.63, 3.8) is 0 Å². The van der Waals surface area contributed by atoms with Crippen molar-refractivity contribution in [1.82, 2.24) is 20.6 Å². The van der Waals surface area contributed by atoms with Gasteiger partial charge in [0.25, 0.3) is 11.8 Å². The lowest BCUT2D eigenvalue weighted by molar-refractivity contribution is 0.00683. The fourth-order valence-corrected chi connectivity index (χ4v) is 4.80. The number of carbonyl (C=O) groups excluding carboxylic acids is 3. The Labute approximate surface area is 242 Å². The molecule has 0 saturated heterocycles. The van der Waals surface area contributed by atoms with Crippen LogP contribution in [-0.2, 0) is 17.7 Å². The summed E-state index contributed by atoms with van der Waals surface area (Å²) < 4.78 is 19.0. The molecule has 0 bridgehead atoms. The predicted octanol–water partition coefficient (Wildman–Crippen LogP) is 4.81. The highest BCUT2D eigenvalue weighted by Gasteiger charge is 2.29. The number of hydrogen-bond acceptors (Lipinski definition) is 7. The Bertz CT molecular complexity index is 1550. The minimum absolute atomic E-state index is 0.0152. The van der Waals surface area contributed by atoms with Crippen LogP contribution in [-0.4, -0.2) is 33.4 Å². The molecule has 0 spiro atoms. The van der Waals surface area contributed by atoms with E-state index in [-0.39, 0.29) is 40.8 Å². The van der Waals surface area contributed by atoms with Crippen LogP contribution in [0, 0.1) is 12.7 Å². The summed E-state index contributed by atoms with van der Waals surface area (Å²) in [5.41, 5.74) is 8.65. The Kier molecular flexibility index (Phi) is 8.72. The Hall–Kier alpha value is -4.31. The minimum Gasteiger partial charge on any atom is -0.456 e. The maximum Gasteiger partial charge on any atom is 0.338 e. The fraction of sp³-hybridized carbons (Fsp3) is 0.300. The molecule has 0 unspecified atom stereocenters. The second-order valence-corrected chi connectivity index (χ2v) is 11.1. The van der Waals surface area contributed by atoms with Gasteiger partial charge < -0.3 is 21.1 Å². The van der Waals surface area contributed by atoms with Crippen LogP contribution in [0.3, 0.4) is 0 Å². The maximum absolute atomic E-state index is 13.4. The second kappa shape index (κ2) is 12.1. The highest BCUT2D eigenvalue weighted by atomic mass is 35.5. The summed E-state index contributed by atoms with van der Waals surface area (Å²) in [7, 11) is 0. The number of hydrogen-bond donors (Lipinski definition) is 3. The summed E-state index contributed by atoms with van der Waals surface area (Å²) in [6.45, 7) is 7.39. The first-order valence-corrected chi connectivity index (χ1v) is 13.4. The van der Waals surface area contributed by atoms with E-state index in [1.54, 1.807) is 6.07 Å². The summed E-state index contributed by atoms with van der Waals surface area (Å²) in [5.74, 6) is -1.93. The van der Waals surface area contributed by atoms with Crippen LogP contribution in [0.5, 0.6) is 0 Å². The molecule has 4 rings (SSSR count). The molecule has 1 heterocycles. The van der Waals surface area contributed by atoms with Crippen molar-refractivity contribution in [2.45, 2.75) is 58.7 Å². The first-order chi connectivity index (χ1) is 19.4. The highest BCUT2D eigenvalue weighted by Crippen LogP contribution is 2.35. The molecule has 0 saturated carbocycles. The predicted molar refractivity (Wildman–Crippen MR) is 153 cm³/mol. The second-order valence-electron chi connectivity index (χ2n) is 10.7. The van der Waals surface area contributed by atoms with Crippen LogP contribution in [0.4, 0.5) is 4.39 Å². The number of nitrogens with one attached hydrogen (secondary N) is 2. The van der Waals surface area contributed by atoms with E-state index in [9.17, 15) is 18.8 Å². The number of halogens is 2. The van der Waals surface area contributed by atoms with Crippen molar-refractivity contribution in [2.75, 3.05) is 0 Å². The van der Waals surface area contributed by atoms with Crippen molar-refractivity contribution < 1.29 is 23.5 Å². The zero-order chi connectivity index (χ0) is 29.9. The Morgan fingerprint density at radius 3 is 2.49 bits per heavy atom. The summed E-state index contributed by atoms with van der Waals surface area (Å²) in [5, 5.41) is 5.61. The Morgan fingerprint density at radius 2 is 1.83 bits per heavy atom. The van der Waals surface area contributed by atoms with Gasteiger partial charge in [-0.1, -0.05) is 23.7 Å². The normalized spacial score (nSPS) is 14.5. The number of rotatable bonds is 7. The van der Waals surface area contributed by atoms with Gasteiger partial charge in [-0.2, -0.15) is 0 Å². The smallest absolute Gasteiger partial charge is 0.338 e. The van der Waals surface area contributed by atoms with Crippen LogP contribution in [0.25, 0.3) is 6.08 Å². The monoisotopic (exact) mass is 579 g/mol. The first-order valence-electron chi connectivity index (χ1n) is 13.0. The van der Waals surface area contributed by atoms with Gasteiger partial charge in [0.15, 0.2) is 5.82 Å². The highest BCUT2D eigenvalue weighted by molar-refractivity contribution is 6.30. The Morgan fingerprint density at radius 1 is 1.12 bits per heavy atom. The lowest BCUT2D eigenvalue weighted by Gasteiger charge is -2.21. The SMILES string of the molecule is Cc1c(C(=O)OC(C)(C)C)ccc2c1CC[C@@H]2NC(=O)c1cc(C(=O)NCc2ccc(F)c(Cl)c2)nc(C=CN)n1. The van der Waals surface area contributed by atoms with E-state index < -0.39 is 23.2 Å². The molecular weight excluding hydrogens is 549 g/mol. The van der Waals surface area contributed by atoms with Gasteiger partial charge in [-0.05, 0) is 93.3 Å². The van der Waals surface area contributed by atoms with Crippen molar-refractivity contribution in [3.8, 4) is 0 Å². The van der Waals surface area contributed by atoms with Gasteiger partial charge >= 0.3 is 5.97 Å². The molecule has 4 N–H and O–H groups in total. The van der Waals surface area contributed by atoms with Crippen LogP contribution >= 0.6 is 11.6 Å². The van der Waals surface area contributed by atoms with Crippen LogP contribution in [0.1, 0.15) is 92.6 Å². The molecule has 1 aliphatic carbocycles. The van der Waals surface area contributed by atoms with Gasteiger partial charge in [-0.15, -0.1) is 0 Å². The molecule has 214 valence electrons. The molecule has 1 atom stereocenters. The quantitative estimate of drug-likeness (QED) is 0.342. The van der Waals surface area contributed by atoms with Gasteiger partial charge in [0.2, 0.25) is 0 Å².